The zero-order valence-corrected chi connectivity index (χ0v) is 15.5. The number of morpholine rings is 1. The van der Waals surface area contributed by atoms with Gasteiger partial charge in [-0.3, -0.25) is 29.9 Å². The summed E-state index contributed by atoms with van der Waals surface area (Å²) >= 11 is 0. The molecule has 1 aromatic rings. The fourth-order valence-corrected chi connectivity index (χ4v) is 4.42. The Morgan fingerprint density at radius 2 is 2.07 bits per heavy atom. The molecular weight excluding hydrogens is 368 g/mol. The van der Waals surface area contributed by atoms with Crippen LogP contribution in [0.15, 0.2) is 18.2 Å². The van der Waals surface area contributed by atoms with Gasteiger partial charge in [-0.05, 0) is 25.5 Å². The topological polar surface area (TPSA) is 122 Å². The first-order valence-electron chi connectivity index (χ1n) is 9.08. The molecule has 3 aliphatic heterocycles. The van der Waals surface area contributed by atoms with Crippen LogP contribution >= 0.6 is 0 Å². The fourth-order valence-electron chi connectivity index (χ4n) is 4.42. The van der Waals surface area contributed by atoms with Gasteiger partial charge in [0, 0.05) is 36.8 Å². The molecule has 1 aromatic carbocycles. The van der Waals surface area contributed by atoms with E-state index in [1.807, 2.05) is 4.90 Å². The van der Waals surface area contributed by atoms with E-state index in [9.17, 15) is 24.5 Å². The highest BCUT2D eigenvalue weighted by Crippen LogP contribution is 2.46. The van der Waals surface area contributed by atoms with Gasteiger partial charge in [-0.15, -0.1) is 0 Å². The number of nitrogens with one attached hydrogen (secondary N) is 1. The second-order valence-electron chi connectivity index (χ2n) is 7.53. The Kier molecular flexibility index (Phi) is 4.11. The molecule has 1 N–H and O–H groups in total. The SMILES string of the molecule is CC(C)N1C(=O)NC(=O)[C@@]2(Cc3cc([N+](=O)[O-])ccc3N3CCOC[C@@H]32)C1=O. The molecule has 0 aliphatic carbocycles. The molecule has 0 saturated carbocycles. The first-order chi connectivity index (χ1) is 13.3. The van der Waals surface area contributed by atoms with Crippen LogP contribution in [-0.4, -0.2) is 59.5 Å². The van der Waals surface area contributed by atoms with E-state index in [0.717, 1.165) is 10.6 Å². The summed E-state index contributed by atoms with van der Waals surface area (Å²) < 4.78 is 5.58. The van der Waals surface area contributed by atoms with Crippen molar-refractivity contribution in [2.75, 3.05) is 24.7 Å². The van der Waals surface area contributed by atoms with Crippen LogP contribution in [0, 0.1) is 15.5 Å². The summed E-state index contributed by atoms with van der Waals surface area (Å²) in [4.78, 5) is 52.5. The number of fused-ring (bicyclic) bond motifs is 4. The fraction of sp³-hybridized carbons (Fsp3) is 0.500. The largest absolute Gasteiger partial charge is 0.377 e. The van der Waals surface area contributed by atoms with Gasteiger partial charge >= 0.3 is 6.03 Å². The lowest BCUT2D eigenvalue weighted by Gasteiger charge is -2.53. The maximum absolute atomic E-state index is 13.5. The molecule has 4 amide bonds. The molecule has 2 fully saturated rings. The summed E-state index contributed by atoms with van der Waals surface area (Å²) in [6, 6.07) is 2.67. The molecule has 10 nitrogen and oxygen atoms in total. The van der Waals surface area contributed by atoms with Gasteiger partial charge in [0.15, 0.2) is 5.41 Å². The third-order valence-electron chi connectivity index (χ3n) is 5.71. The highest BCUT2D eigenvalue weighted by atomic mass is 16.6. The number of hydrogen-bond donors (Lipinski definition) is 1. The molecule has 4 rings (SSSR count). The molecule has 1 spiro atoms. The molecule has 2 saturated heterocycles. The molecule has 2 atom stereocenters. The van der Waals surface area contributed by atoms with Gasteiger partial charge in [-0.25, -0.2) is 4.79 Å². The van der Waals surface area contributed by atoms with Crippen molar-refractivity contribution in [3.63, 3.8) is 0 Å². The van der Waals surface area contributed by atoms with Crippen LogP contribution in [0.3, 0.4) is 0 Å². The number of carbonyl (C=O) groups excluding carboxylic acids is 3. The first kappa shape index (κ1) is 18.4. The molecule has 28 heavy (non-hydrogen) atoms. The monoisotopic (exact) mass is 388 g/mol. The van der Waals surface area contributed by atoms with Crippen molar-refractivity contribution in [1.29, 1.82) is 0 Å². The smallest absolute Gasteiger partial charge is 0.331 e. The Hall–Kier alpha value is -3.01. The molecule has 0 bridgehead atoms. The van der Waals surface area contributed by atoms with Crippen molar-refractivity contribution >= 4 is 29.2 Å². The highest BCUT2D eigenvalue weighted by molar-refractivity contribution is 6.20. The van der Waals surface area contributed by atoms with E-state index in [1.165, 1.54) is 12.1 Å². The van der Waals surface area contributed by atoms with Gasteiger partial charge in [-0.2, -0.15) is 0 Å². The van der Waals surface area contributed by atoms with Crippen molar-refractivity contribution < 1.29 is 24.0 Å². The van der Waals surface area contributed by atoms with E-state index in [1.54, 1.807) is 19.9 Å². The number of imide groups is 2. The van der Waals surface area contributed by atoms with Gasteiger partial charge in [0.2, 0.25) is 11.8 Å². The normalized spacial score (nSPS) is 27.0. The van der Waals surface area contributed by atoms with Crippen molar-refractivity contribution in [2.24, 2.45) is 5.41 Å². The number of hydrogen-bond acceptors (Lipinski definition) is 7. The lowest BCUT2D eigenvalue weighted by atomic mass is 9.68. The van der Waals surface area contributed by atoms with Crippen LogP contribution < -0.4 is 10.2 Å². The molecule has 3 aliphatic rings. The van der Waals surface area contributed by atoms with Crippen molar-refractivity contribution in [3.8, 4) is 0 Å². The lowest BCUT2D eigenvalue weighted by molar-refractivity contribution is -0.384. The van der Waals surface area contributed by atoms with E-state index < -0.39 is 40.3 Å². The molecule has 0 unspecified atom stereocenters. The zero-order valence-electron chi connectivity index (χ0n) is 15.5. The van der Waals surface area contributed by atoms with E-state index in [-0.39, 0.29) is 18.7 Å². The Morgan fingerprint density at radius 3 is 2.75 bits per heavy atom. The van der Waals surface area contributed by atoms with E-state index in [0.29, 0.717) is 18.7 Å². The van der Waals surface area contributed by atoms with Crippen LogP contribution in [-0.2, 0) is 20.7 Å². The van der Waals surface area contributed by atoms with Crippen LogP contribution in [0.25, 0.3) is 0 Å². The Labute approximate surface area is 160 Å². The summed E-state index contributed by atoms with van der Waals surface area (Å²) in [6.07, 6.45) is -0.0320. The zero-order chi connectivity index (χ0) is 20.2. The summed E-state index contributed by atoms with van der Waals surface area (Å²) in [7, 11) is 0. The molecule has 3 heterocycles. The Bertz CT molecular complexity index is 900. The van der Waals surface area contributed by atoms with Crippen LogP contribution in [0.4, 0.5) is 16.2 Å². The van der Waals surface area contributed by atoms with Gasteiger partial charge < -0.3 is 9.64 Å². The second kappa shape index (κ2) is 6.26. The summed E-state index contributed by atoms with van der Waals surface area (Å²) in [5, 5.41) is 13.5. The maximum atomic E-state index is 13.5. The Morgan fingerprint density at radius 1 is 1.32 bits per heavy atom. The minimum atomic E-state index is -1.58. The van der Waals surface area contributed by atoms with E-state index >= 15 is 0 Å². The first-order valence-corrected chi connectivity index (χ1v) is 9.08. The Balaban J connectivity index is 1.89. The molecule has 0 aromatic heterocycles. The van der Waals surface area contributed by atoms with Crippen molar-refractivity contribution in [3.05, 3.63) is 33.9 Å². The molecule has 0 radical (unpaired) electrons. The molecule has 148 valence electrons. The number of ether oxygens (including phenoxy) is 1. The number of nitro benzene ring substituents is 1. The van der Waals surface area contributed by atoms with Gasteiger partial charge in [0.25, 0.3) is 5.69 Å². The van der Waals surface area contributed by atoms with Crippen molar-refractivity contribution in [2.45, 2.75) is 32.4 Å². The lowest BCUT2D eigenvalue weighted by Crippen LogP contribution is -2.74. The molecular formula is C18H20N4O6. The summed E-state index contributed by atoms with van der Waals surface area (Å²) in [5.41, 5.74) is -0.408. The summed E-state index contributed by atoms with van der Waals surface area (Å²) in [6.45, 7) is 4.38. The van der Waals surface area contributed by atoms with Gasteiger partial charge in [0.05, 0.1) is 24.2 Å². The number of nitrogens with zero attached hydrogens (tertiary/aromatic N) is 3. The standard InChI is InChI=1S/C18H20N4O6/c1-10(2)21-16(24)18(15(23)19-17(21)25)8-11-7-12(22(26)27)3-4-13(11)20-5-6-28-9-14(18)20/h3-4,7,10,14H,5-6,8-9H2,1-2H3,(H,19,23,25)/t14-,18+/m1/s1. The third kappa shape index (κ3) is 2.40. The highest BCUT2D eigenvalue weighted by Gasteiger charge is 2.63. The number of amides is 4. The second-order valence-corrected chi connectivity index (χ2v) is 7.53. The van der Waals surface area contributed by atoms with E-state index in [4.69, 9.17) is 4.74 Å². The number of rotatable bonds is 2. The number of urea groups is 1. The third-order valence-corrected chi connectivity index (χ3v) is 5.71. The van der Waals surface area contributed by atoms with Gasteiger partial charge in [-0.1, -0.05) is 0 Å². The quantitative estimate of drug-likeness (QED) is 0.452. The summed E-state index contributed by atoms with van der Waals surface area (Å²) in [5.74, 6) is -1.27. The number of carbonyl (C=O) groups is 3. The predicted octanol–water partition coefficient (Wildman–Crippen LogP) is 0.829. The average Bonchev–Trinajstić information content (AvgIpc) is 2.65. The van der Waals surface area contributed by atoms with Crippen LogP contribution in [0.1, 0.15) is 19.4 Å². The number of nitro groups is 1. The average molecular weight is 388 g/mol. The number of non-ortho nitro benzene ring substituents is 1. The van der Waals surface area contributed by atoms with Crippen LogP contribution in [0.2, 0.25) is 0 Å². The number of anilines is 1. The number of benzene rings is 1. The minimum Gasteiger partial charge on any atom is -0.377 e. The minimum absolute atomic E-state index is 0.0320. The maximum Gasteiger partial charge on any atom is 0.331 e. The van der Waals surface area contributed by atoms with Gasteiger partial charge in [0.1, 0.15) is 0 Å². The van der Waals surface area contributed by atoms with E-state index in [2.05, 4.69) is 5.32 Å². The predicted molar refractivity (Wildman–Crippen MR) is 96.7 cm³/mol. The van der Waals surface area contributed by atoms with Crippen molar-refractivity contribution in [1.82, 2.24) is 10.2 Å². The molecule has 10 heteroatoms. The van der Waals surface area contributed by atoms with Crippen LogP contribution in [0.5, 0.6) is 0 Å². The number of barbiturate groups is 1.